The van der Waals surface area contributed by atoms with Crippen LogP contribution in [0.3, 0.4) is 0 Å². The molecule has 1 heterocycles. The molecule has 1 atom stereocenters. The van der Waals surface area contributed by atoms with E-state index in [-0.39, 0.29) is 11.9 Å². The molecule has 0 saturated carbocycles. The van der Waals surface area contributed by atoms with E-state index in [1.165, 1.54) is 0 Å². The van der Waals surface area contributed by atoms with Crippen molar-refractivity contribution in [2.75, 3.05) is 33.4 Å². The lowest BCUT2D eigenvalue weighted by Gasteiger charge is -2.32. The van der Waals surface area contributed by atoms with Crippen LogP contribution in [0.15, 0.2) is 22.7 Å². The van der Waals surface area contributed by atoms with Gasteiger partial charge in [-0.3, -0.25) is 4.90 Å². The van der Waals surface area contributed by atoms with E-state index < -0.39 is 0 Å². The Labute approximate surface area is 115 Å². The molecule has 0 amide bonds. The van der Waals surface area contributed by atoms with Crippen LogP contribution < -0.4 is 0 Å². The maximum Gasteiger partial charge on any atom is 0.137 e. The molecular weight excluding hydrogens is 301 g/mol. The average Bonchev–Trinajstić information content (AvgIpc) is 2.35. The van der Waals surface area contributed by atoms with Crippen LogP contribution in [-0.2, 0) is 16.0 Å². The van der Waals surface area contributed by atoms with Crippen LogP contribution in [0.25, 0.3) is 0 Å². The third kappa shape index (κ3) is 3.75. The van der Waals surface area contributed by atoms with Crippen molar-refractivity contribution >= 4 is 15.9 Å². The van der Waals surface area contributed by atoms with Gasteiger partial charge in [0.05, 0.1) is 23.8 Å². The molecule has 0 bridgehead atoms. The highest BCUT2D eigenvalue weighted by atomic mass is 79.9. The van der Waals surface area contributed by atoms with Gasteiger partial charge < -0.3 is 9.47 Å². The number of hydrogen-bond acceptors (Lipinski definition) is 3. The highest BCUT2D eigenvalue weighted by Gasteiger charge is 2.20. The lowest BCUT2D eigenvalue weighted by molar-refractivity contribution is -0.0631. The number of hydrogen-bond donors (Lipinski definition) is 0. The smallest absolute Gasteiger partial charge is 0.137 e. The monoisotopic (exact) mass is 317 g/mol. The third-order valence-corrected chi connectivity index (χ3v) is 3.61. The van der Waals surface area contributed by atoms with E-state index in [1.54, 1.807) is 19.2 Å². The Bertz CT molecular complexity index is 401. The van der Waals surface area contributed by atoms with E-state index in [9.17, 15) is 4.39 Å². The highest BCUT2D eigenvalue weighted by Crippen LogP contribution is 2.18. The summed E-state index contributed by atoms with van der Waals surface area (Å²) >= 11 is 3.16. The summed E-state index contributed by atoms with van der Waals surface area (Å²) in [5.74, 6) is -0.214. The molecule has 3 nitrogen and oxygen atoms in total. The van der Waals surface area contributed by atoms with Crippen LogP contribution in [0.4, 0.5) is 4.39 Å². The maximum atomic E-state index is 13.4. The normalized spacial score (nSPS) is 21.2. The summed E-state index contributed by atoms with van der Waals surface area (Å²) in [6, 6.07) is 5.26. The Morgan fingerprint density at radius 3 is 3.11 bits per heavy atom. The van der Waals surface area contributed by atoms with Crippen molar-refractivity contribution in [3.05, 3.63) is 34.1 Å². The first-order chi connectivity index (χ1) is 8.69. The molecule has 1 saturated heterocycles. The fourth-order valence-electron chi connectivity index (χ4n) is 2.11. The molecule has 0 radical (unpaired) electrons. The highest BCUT2D eigenvalue weighted by molar-refractivity contribution is 9.10. The van der Waals surface area contributed by atoms with Crippen LogP contribution in [0.5, 0.6) is 0 Å². The molecule has 1 aromatic rings. The molecule has 0 spiro atoms. The number of methoxy groups -OCH3 is 1. The molecule has 1 aliphatic rings. The van der Waals surface area contributed by atoms with Crippen molar-refractivity contribution in [1.82, 2.24) is 4.90 Å². The molecule has 5 heteroatoms. The first kappa shape index (κ1) is 13.9. The van der Waals surface area contributed by atoms with Crippen LogP contribution in [0, 0.1) is 5.82 Å². The van der Waals surface area contributed by atoms with Crippen molar-refractivity contribution in [3.8, 4) is 0 Å². The number of nitrogens with zero attached hydrogens (tertiary/aromatic N) is 1. The maximum absolute atomic E-state index is 13.4. The fraction of sp³-hybridized carbons (Fsp3) is 0.538. The predicted molar refractivity (Wildman–Crippen MR) is 71.0 cm³/mol. The van der Waals surface area contributed by atoms with Crippen LogP contribution in [-0.4, -0.2) is 44.4 Å². The topological polar surface area (TPSA) is 21.7 Å². The summed E-state index contributed by atoms with van der Waals surface area (Å²) in [6.07, 6.45) is 0.115. The molecule has 0 N–H and O–H groups in total. The summed E-state index contributed by atoms with van der Waals surface area (Å²) < 4.78 is 24.6. The van der Waals surface area contributed by atoms with Gasteiger partial charge >= 0.3 is 0 Å². The van der Waals surface area contributed by atoms with Crippen LogP contribution >= 0.6 is 15.9 Å². The largest absolute Gasteiger partial charge is 0.382 e. The molecule has 18 heavy (non-hydrogen) atoms. The van der Waals surface area contributed by atoms with E-state index in [0.29, 0.717) is 17.7 Å². The zero-order valence-electron chi connectivity index (χ0n) is 10.4. The van der Waals surface area contributed by atoms with Crippen LogP contribution in [0.2, 0.25) is 0 Å². The molecular formula is C13H17BrFNO2. The SMILES string of the molecule is COCC1CN(Cc2ccc(Br)c(F)c2)CCO1. The predicted octanol–water partition coefficient (Wildman–Crippen LogP) is 2.44. The summed E-state index contributed by atoms with van der Waals surface area (Å²) in [6.45, 7) is 3.75. The zero-order chi connectivity index (χ0) is 13.0. The second kappa shape index (κ2) is 6.61. The van der Waals surface area contributed by atoms with Crippen molar-refractivity contribution in [3.63, 3.8) is 0 Å². The van der Waals surface area contributed by atoms with Crippen molar-refractivity contribution in [2.45, 2.75) is 12.6 Å². The van der Waals surface area contributed by atoms with Crippen molar-refractivity contribution in [2.24, 2.45) is 0 Å². The lowest BCUT2D eigenvalue weighted by Crippen LogP contribution is -2.43. The molecule has 2 rings (SSSR count). The summed E-state index contributed by atoms with van der Waals surface area (Å²) in [5.41, 5.74) is 0.980. The van der Waals surface area contributed by atoms with Gasteiger partial charge in [-0.15, -0.1) is 0 Å². The molecule has 1 fully saturated rings. The van der Waals surface area contributed by atoms with Gasteiger partial charge in [0.2, 0.25) is 0 Å². The van der Waals surface area contributed by atoms with Gasteiger partial charge in [-0.25, -0.2) is 4.39 Å². The van der Waals surface area contributed by atoms with Gasteiger partial charge in [0.25, 0.3) is 0 Å². The average molecular weight is 318 g/mol. The standard InChI is InChI=1S/C13H17BrFNO2/c1-17-9-11-8-16(4-5-18-11)7-10-2-3-12(14)13(15)6-10/h2-3,6,11H,4-5,7-9H2,1H3. The van der Waals surface area contributed by atoms with Crippen molar-refractivity contribution in [1.29, 1.82) is 0 Å². The van der Waals surface area contributed by atoms with Gasteiger partial charge in [0, 0.05) is 26.7 Å². The Morgan fingerprint density at radius 1 is 1.56 bits per heavy atom. The minimum atomic E-state index is -0.214. The number of ether oxygens (including phenoxy) is 2. The Morgan fingerprint density at radius 2 is 2.39 bits per heavy atom. The third-order valence-electron chi connectivity index (χ3n) is 2.97. The van der Waals surface area contributed by atoms with Gasteiger partial charge in [0.15, 0.2) is 0 Å². The van der Waals surface area contributed by atoms with Gasteiger partial charge in [0.1, 0.15) is 5.82 Å². The lowest BCUT2D eigenvalue weighted by atomic mass is 10.2. The Hall–Kier alpha value is -0.490. The quantitative estimate of drug-likeness (QED) is 0.851. The number of morpholine rings is 1. The number of benzene rings is 1. The van der Waals surface area contributed by atoms with Gasteiger partial charge in [-0.05, 0) is 33.6 Å². The minimum Gasteiger partial charge on any atom is -0.382 e. The molecule has 0 aromatic heterocycles. The van der Waals surface area contributed by atoms with Crippen molar-refractivity contribution < 1.29 is 13.9 Å². The summed E-state index contributed by atoms with van der Waals surface area (Å²) in [4.78, 5) is 2.26. The summed E-state index contributed by atoms with van der Waals surface area (Å²) in [7, 11) is 1.67. The number of rotatable bonds is 4. The molecule has 100 valence electrons. The number of halogens is 2. The van der Waals surface area contributed by atoms with E-state index in [1.807, 2.05) is 6.07 Å². The minimum absolute atomic E-state index is 0.115. The van der Waals surface area contributed by atoms with E-state index >= 15 is 0 Å². The fourth-order valence-corrected chi connectivity index (χ4v) is 2.35. The first-order valence-electron chi connectivity index (χ1n) is 5.96. The molecule has 0 aliphatic carbocycles. The van der Waals surface area contributed by atoms with E-state index in [2.05, 4.69) is 20.8 Å². The second-order valence-corrected chi connectivity index (χ2v) is 5.29. The Balaban J connectivity index is 1.93. The van der Waals surface area contributed by atoms with Crippen LogP contribution in [0.1, 0.15) is 5.56 Å². The molecule has 1 unspecified atom stereocenters. The van der Waals surface area contributed by atoms with Gasteiger partial charge in [-0.1, -0.05) is 6.07 Å². The molecule has 1 aromatic carbocycles. The second-order valence-electron chi connectivity index (χ2n) is 4.43. The summed E-state index contributed by atoms with van der Waals surface area (Å²) in [5, 5.41) is 0. The zero-order valence-corrected chi connectivity index (χ0v) is 12.0. The molecule has 1 aliphatic heterocycles. The van der Waals surface area contributed by atoms with Gasteiger partial charge in [-0.2, -0.15) is 0 Å². The van der Waals surface area contributed by atoms with E-state index in [4.69, 9.17) is 9.47 Å². The van der Waals surface area contributed by atoms with E-state index in [0.717, 1.165) is 25.2 Å². The first-order valence-corrected chi connectivity index (χ1v) is 6.75. The Kier molecular flexibility index (Phi) is 5.12.